The zero-order valence-electron chi connectivity index (χ0n) is 19.3. The number of nitrogen functional groups attached to an aromatic ring is 1. The van der Waals surface area contributed by atoms with Crippen LogP contribution in [0.4, 0.5) is 16.4 Å². The lowest BCUT2D eigenvalue weighted by molar-refractivity contribution is 0.247. The van der Waals surface area contributed by atoms with Crippen LogP contribution in [0.25, 0.3) is 33.4 Å². The molecule has 7 nitrogen and oxygen atoms in total. The van der Waals surface area contributed by atoms with Crippen molar-refractivity contribution >= 4 is 40.2 Å². The molecule has 5 rings (SSSR count). The van der Waals surface area contributed by atoms with Gasteiger partial charge in [-0.2, -0.15) is 0 Å². The van der Waals surface area contributed by atoms with Gasteiger partial charge in [0.05, 0.1) is 21.9 Å². The summed E-state index contributed by atoms with van der Waals surface area (Å²) in [6, 6.07) is 16.9. The van der Waals surface area contributed by atoms with Crippen molar-refractivity contribution in [3.05, 3.63) is 65.8 Å². The molecule has 8 heteroatoms. The number of fused-ring (bicyclic) bond motifs is 1. The number of nitrogens with zero attached hydrogens (tertiary/aromatic N) is 3. The molecule has 2 aromatic carbocycles. The van der Waals surface area contributed by atoms with E-state index in [1.807, 2.05) is 54.6 Å². The van der Waals surface area contributed by atoms with Crippen LogP contribution in [0.1, 0.15) is 32.1 Å². The fourth-order valence-electron chi connectivity index (χ4n) is 4.60. The number of benzene rings is 2. The van der Waals surface area contributed by atoms with Gasteiger partial charge in [-0.25, -0.2) is 14.8 Å². The quantitative estimate of drug-likeness (QED) is 0.307. The van der Waals surface area contributed by atoms with Crippen LogP contribution >= 0.6 is 11.6 Å². The normalized spacial score (nSPS) is 14.1. The molecule has 0 radical (unpaired) electrons. The van der Waals surface area contributed by atoms with Gasteiger partial charge in [0.1, 0.15) is 0 Å². The Bertz CT molecular complexity index is 1350. The van der Waals surface area contributed by atoms with E-state index in [-0.39, 0.29) is 17.7 Å². The minimum atomic E-state index is -0.337. The van der Waals surface area contributed by atoms with E-state index in [0.717, 1.165) is 29.4 Å². The third kappa shape index (κ3) is 5.20. The van der Waals surface area contributed by atoms with Crippen LogP contribution in [0.15, 0.2) is 60.8 Å². The Morgan fingerprint density at radius 1 is 0.971 bits per heavy atom. The fourth-order valence-corrected chi connectivity index (χ4v) is 4.88. The molecule has 35 heavy (non-hydrogen) atoms. The maximum absolute atomic E-state index is 12.7. The lowest BCUT2D eigenvalue weighted by Crippen LogP contribution is -2.34. The summed E-state index contributed by atoms with van der Waals surface area (Å²) in [5.41, 5.74) is 9.77. The van der Waals surface area contributed by atoms with E-state index in [2.05, 4.69) is 20.6 Å². The van der Waals surface area contributed by atoms with Gasteiger partial charge in [0.15, 0.2) is 11.6 Å². The van der Waals surface area contributed by atoms with Crippen molar-refractivity contribution in [3.63, 3.8) is 0 Å². The third-order valence-electron chi connectivity index (χ3n) is 6.41. The minimum Gasteiger partial charge on any atom is -0.381 e. The summed E-state index contributed by atoms with van der Waals surface area (Å²) in [4.78, 5) is 26.4. The van der Waals surface area contributed by atoms with E-state index < -0.39 is 0 Å². The highest BCUT2D eigenvalue weighted by Crippen LogP contribution is 2.35. The van der Waals surface area contributed by atoms with Crippen LogP contribution in [0.2, 0.25) is 5.02 Å². The number of nitrogens with one attached hydrogen (secondary N) is 2. The van der Waals surface area contributed by atoms with Crippen LogP contribution in [0.3, 0.4) is 0 Å². The molecule has 1 aliphatic carbocycles. The number of nitrogens with two attached hydrogens (primary N) is 1. The molecule has 4 N–H and O–H groups in total. The Kier molecular flexibility index (Phi) is 6.77. The highest BCUT2D eigenvalue weighted by molar-refractivity contribution is 6.35. The van der Waals surface area contributed by atoms with Gasteiger partial charge in [0, 0.05) is 29.3 Å². The molecule has 2 amide bonds. The molecule has 0 atom stereocenters. The van der Waals surface area contributed by atoms with Gasteiger partial charge < -0.3 is 11.1 Å². The van der Waals surface area contributed by atoms with Crippen molar-refractivity contribution < 1.29 is 4.79 Å². The van der Waals surface area contributed by atoms with Crippen molar-refractivity contribution in [2.75, 3.05) is 17.6 Å². The minimum absolute atomic E-state index is 0.147. The maximum atomic E-state index is 12.7. The maximum Gasteiger partial charge on any atom is 0.320 e. The number of carbonyl (C=O) groups excluding carboxylic acids is 1. The first-order valence-electron chi connectivity index (χ1n) is 11.9. The zero-order valence-corrected chi connectivity index (χ0v) is 20.1. The summed E-state index contributed by atoms with van der Waals surface area (Å²) < 4.78 is 0. The van der Waals surface area contributed by atoms with E-state index in [4.69, 9.17) is 22.3 Å². The second kappa shape index (κ2) is 10.3. The molecule has 2 heterocycles. The molecule has 2 aromatic heterocycles. The fraction of sp³-hybridized carbons (Fsp3) is 0.259. The van der Waals surface area contributed by atoms with E-state index in [0.29, 0.717) is 34.4 Å². The Morgan fingerprint density at radius 3 is 2.54 bits per heavy atom. The van der Waals surface area contributed by atoms with Gasteiger partial charge in [0.25, 0.3) is 0 Å². The summed E-state index contributed by atoms with van der Waals surface area (Å²) >= 11 is 6.57. The predicted octanol–water partition coefficient (Wildman–Crippen LogP) is 6.30. The molecular formula is C27H27ClN6O. The van der Waals surface area contributed by atoms with Gasteiger partial charge in [-0.15, -0.1) is 0 Å². The first-order chi connectivity index (χ1) is 17.1. The first-order valence-corrected chi connectivity index (χ1v) is 12.3. The van der Waals surface area contributed by atoms with Crippen molar-refractivity contribution in [2.24, 2.45) is 5.92 Å². The monoisotopic (exact) mass is 486 g/mol. The second-order valence-electron chi connectivity index (χ2n) is 8.89. The second-order valence-corrected chi connectivity index (χ2v) is 9.30. The van der Waals surface area contributed by atoms with Crippen LogP contribution in [-0.4, -0.2) is 27.5 Å². The molecule has 4 aromatic rings. The Morgan fingerprint density at radius 2 is 1.74 bits per heavy atom. The van der Waals surface area contributed by atoms with E-state index >= 15 is 0 Å². The summed E-state index contributed by atoms with van der Waals surface area (Å²) in [6.45, 7) is 0.640. The summed E-state index contributed by atoms with van der Waals surface area (Å²) in [6.07, 6.45) is 7.73. The number of rotatable bonds is 5. The smallest absolute Gasteiger partial charge is 0.320 e. The molecule has 0 unspecified atom stereocenters. The van der Waals surface area contributed by atoms with Gasteiger partial charge in [-0.05, 0) is 37.0 Å². The standard InChI is InChI=1S/C27H27ClN6O/c28-21-15-20(14-19-12-7-13-30-22(19)21)24-23(18-10-5-2-6-11-18)32-25(29)26(33-24)34-27(35)31-16-17-8-3-1-4-9-17/h2,5-7,10-15,17H,1,3-4,8-9,16H2,(H2,29,32)(H2,31,33,34,35). The van der Waals surface area contributed by atoms with E-state index in [1.165, 1.54) is 19.3 Å². The average molecular weight is 487 g/mol. The molecule has 1 aliphatic rings. The molecule has 0 saturated heterocycles. The number of amides is 2. The molecule has 1 saturated carbocycles. The lowest BCUT2D eigenvalue weighted by atomic mass is 9.89. The Hall–Kier alpha value is -3.71. The van der Waals surface area contributed by atoms with Crippen LogP contribution in [0, 0.1) is 5.92 Å². The predicted molar refractivity (Wildman–Crippen MR) is 141 cm³/mol. The molecule has 0 aliphatic heterocycles. The Labute approximate surface area is 209 Å². The SMILES string of the molecule is Nc1nc(-c2ccccc2)c(-c2cc(Cl)c3ncccc3c2)nc1NC(=O)NCC1CCCCC1. The number of aromatic nitrogens is 3. The summed E-state index contributed by atoms with van der Waals surface area (Å²) in [5, 5.41) is 7.15. The van der Waals surface area contributed by atoms with Crippen molar-refractivity contribution in [2.45, 2.75) is 32.1 Å². The lowest BCUT2D eigenvalue weighted by Gasteiger charge is -2.22. The van der Waals surface area contributed by atoms with Crippen LogP contribution in [0.5, 0.6) is 0 Å². The highest BCUT2D eigenvalue weighted by atomic mass is 35.5. The number of pyridine rings is 1. The number of urea groups is 1. The van der Waals surface area contributed by atoms with Crippen molar-refractivity contribution in [1.29, 1.82) is 0 Å². The number of hydrogen-bond donors (Lipinski definition) is 3. The van der Waals surface area contributed by atoms with Gasteiger partial charge >= 0.3 is 6.03 Å². The molecule has 0 spiro atoms. The number of halogens is 1. The van der Waals surface area contributed by atoms with Crippen molar-refractivity contribution in [3.8, 4) is 22.5 Å². The average Bonchev–Trinajstić information content (AvgIpc) is 2.89. The van der Waals surface area contributed by atoms with Crippen LogP contribution < -0.4 is 16.4 Å². The number of carbonyl (C=O) groups is 1. The number of anilines is 2. The summed E-state index contributed by atoms with van der Waals surface area (Å²) in [5.74, 6) is 0.875. The van der Waals surface area contributed by atoms with E-state index in [1.54, 1.807) is 6.20 Å². The van der Waals surface area contributed by atoms with Crippen LogP contribution in [-0.2, 0) is 0 Å². The molecular weight excluding hydrogens is 460 g/mol. The third-order valence-corrected chi connectivity index (χ3v) is 6.70. The molecule has 1 fully saturated rings. The summed E-state index contributed by atoms with van der Waals surface area (Å²) in [7, 11) is 0. The van der Waals surface area contributed by atoms with Crippen molar-refractivity contribution in [1.82, 2.24) is 20.3 Å². The molecule has 0 bridgehead atoms. The zero-order chi connectivity index (χ0) is 24.2. The first kappa shape index (κ1) is 23.1. The molecule has 178 valence electrons. The van der Waals surface area contributed by atoms with Gasteiger partial charge in [-0.1, -0.05) is 67.3 Å². The largest absolute Gasteiger partial charge is 0.381 e. The van der Waals surface area contributed by atoms with E-state index in [9.17, 15) is 4.79 Å². The van der Waals surface area contributed by atoms with Gasteiger partial charge in [-0.3, -0.25) is 10.3 Å². The topological polar surface area (TPSA) is 106 Å². The van der Waals surface area contributed by atoms with Gasteiger partial charge in [0.2, 0.25) is 0 Å². The number of hydrogen-bond acceptors (Lipinski definition) is 5. The Balaban J connectivity index is 1.50. The highest BCUT2D eigenvalue weighted by Gasteiger charge is 2.19.